The van der Waals surface area contributed by atoms with Crippen LogP contribution in [0.1, 0.15) is 51.3 Å². The molecule has 1 heterocycles. The maximum Gasteiger partial charge on any atom is 0.243 e. The number of halogens is 2. The van der Waals surface area contributed by atoms with Gasteiger partial charge in [0.15, 0.2) is 0 Å². The van der Waals surface area contributed by atoms with Gasteiger partial charge in [0.2, 0.25) is 21.8 Å². The predicted molar refractivity (Wildman–Crippen MR) is 187 cm³/mol. The van der Waals surface area contributed by atoms with Crippen LogP contribution >= 0.6 is 0 Å². The monoisotopic (exact) mass is 714 g/mol. The Hall–Kier alpha value is -3.91. The highest BCUT2D eigenvalue weighted by molar-refractivity contribution is 7.89. The van der Waals surface area contributed by atoms with E-state index in [2.05, 4.69) is 16.0 Å². The number of nitrogens with one attached hydrogen (secondary N) is 3. The Balaban J connectivity index is 1.52. The second-order valence-corrected chi connectivity index (χ2v) is 16.1. The van der Waals surface area contributed by atoms with Crippen molar-refractivity contribution in [3.05, 3.63) is 95.1 Å². The van der Waals surface area contributed by atoms with Crippen LogP contribution in [0.3, 0.4) is 0 Å². The van der Waals surface area contributed by atoms with Gasteiger partial charge in [0.1, 0.15) is 23.4 Å². The minimum atomic E-state index is -4.04. The van der Waals surface area contributed by atoms with Crippen LogP contribution in [0.4, 0.5) is 8.78 Å². The van der Waals surface area contributed by atoms with Crippen LogP contribution in [0, 0.1) is 23.0 Å². The average molecular weight is 715 g/mol. The number of aliphatic hydroxyl groups excluding tert-OH is 1. The Kier molecular flexibility index (Phi) is 13.1. The largest absolute Gasteiger partial charge is 0.493 e. The number of fused-ring (bicyclic) bond motifs is 1. The first-order valence-corrected chi connectivity index (χ1v) is 18.2. The molecule has 272 valence electrons. The van der Waals surface area contributed by atoms with Crippen molar-refractivity contribution in [3.63, 3.8) is 0 Å². The molecule has 0 saturated carbocycles. The molecule has 0 fully saturated rings. The smallest absolute Gasteiger partial charge is 0.243 e. The third-order valence-corrected chi connectivity index (χ3v) is 10.2. The molecule has 4 rings (SSSR count). The highest BCUT2D eigenvalue weighted by Crippen LogP contribution is 2.29. The van der Waals surface area contributed by atoms with E-state index in [0.29, 0.717) is 18.8 Å². The number of sulfonamides is 1. The maximum absolute atomic E-state index is 14.0. The molecule has 1 aliphatic heterocycles. The fourth-order valence-electron chi connectivity index (χ4n) is 5.78. The second kappa shape index (κ2) is 16.9. The summed E-state index contributed by atoms with van der Waals surface area (Å²) in [6.07, 6.45) is -0.543. The van der Waals surface area contributed by atoms with E-state index in [1.807, 2.05) is 44.2 Å². The summed E-state index contributed by atoms with van der Waals surface area (Å²) >= 11 is 0. The highest BCUT2D eigenvalue weighted by atomic mass is 32.2. The fourth-order valence-corrected chi connectivity index (χ4v) is 7.45. The van der Waals surface area contributed by atoms with Crippen molar-refractivity contribution >= 4 is 21.8 Å². The summed E-state index contributed by atoms with van der Waals surface area (Å²) in [6, 6.07) is 15.0. The molecule has 3 aromatic carbocycles. The molecule has 0 saturated heterocycles. The zero-order chi connectivity index (χ0) is 36.6. The van der Waals surface area contributed by atoms with E-state index >= 15 is 0 Å². The van der Waals surface area contributed by atoms with E-state index in [-0.39, 0.29) is 49.0 Å². The highest BCUT2D eigenvalue weighted by Gasteiger charge is 2.37. The number of amides is 2. The Morgan fingerprint density at radius 3 is 2.38 bits per heavy atom. The zero-order valence-electron chi connectivity index (χ0n) is 29.2. The Morgan fingerprint density at radius 1 is 0.980 bits per heavy atom. The molecule has 0 bridgehead atoms. The number of ether oxygens (including phenoxy) is 1. The molecule has 2 amide bonds. The Bertz CT molecular complexity index is 1730. The molecule has 0 radical (unpaired) electrons. The molecular weight excluding hydrogens is 666 g/mol. The maximum atomic E-state index is 14.0. The SMILES string of the molecule is CC(C)CN(CC(O)C(Cc1ccccc1)NC(=O)C(NC(=O)CNCc1cc(F)ccc1F)C(C)(C)C)S(=O)(=O)c1ccc2c(c1)CCO2. The summed E-state index contributed by atoms with van der Waals surface area (Å²) in [4.78, 5) is 27.0. The van der Waals surface area contributed by atoms with E-state index in [1.165, 1.54) is 10.4 Å². The average Bonchev–Trinajstić information content (AvgIpc) is 3.52. The molecule has 3 atom stereocenters. The number of rotatable bonds is 16. The molecule has 1 aliphatic rings. The lowest BCUT2D eigenvalue weighted by atomic mass is 9.85. The van der Waals surface area contributed by atoms with Crippen LogP contribution in [0.15, 0.2) is 71.6 Å². The molecular formula is C37H48F2N4O6S. The van der Waals surface area contributed by atoms with Crippen molar-refractivity contribution in [2.45, 2.75) is 77.1 Å². The summed E-state index contributed by atoms with van der Waals surface area (Å²) in [6.45, 7) is 9.02. The molecule has 0 aliphatic carbocycles. The van der Waals surface area contributed by atoms with E-state index in [9.17, 15) is 31.9 Å². The number of aliphatic hydroxyl groups is 1. The molecule has 50 heavy (non-hydrogen) atoms. The van der Waals surface area contributed by atoms with Gasteiger partial charge in [0.25, 0.3) is 0 Å². The van der Waals surface area contributed by atoms with Crippen LogP contribution in [0.25, 0.3) is 0 Å². The molecule has 10 nitrogen and oxygen atoms in total. The van der Waals surface area contributed by atoms with Gasteiger partial charge in [-0.25, -0.2) is 17.2 Å². The van der Waals surface area contributed by atoms with E-state index < -0.39 is 57.1 Å². The number of nitrogens with zero attached hydrogens (tertiary/aromatic N) is 1. The number of benzene rings is 3. The third-order valence-electron chi connectivity index (χ3n) is 8.39. The minimum absolute atomic E-state index is 0.0550. The van der Waals surface area contributed by atoms with Gasteiger partial charge >= 0.3 is 0 Å². The summed E-state index contributed by atoms with van der Waals surface area (Å²) < 4.78 is 62.3. The second-order valence-electron chi connectivity index (χ2n) is 14.2. The number of carbonyl (C=O) groups excluding carboxylic acids is 2. The molecule has 0 spiro atoms. The summed E-state index contributed by atoms with van der Waals surface area (Å²) in [5, 5.41) is 20.1. The standard InChI is InChI=1S/C37H48F2N4O6S/c1-24(2)22-43(50(47,48)29-12-14-33-26(19-29)15-16-49-33)23-32(44)31(17-25-9-7-6-8-10-25)41-36(46)35(37(3,4)5)42-34(45)21-40-20-27-18-28(38)11-13-30(27)39/h6-14,18-19,24,31-32,35,40,44H,15-17,20-23H2,1-5H3,(H,41,46)(H,42,45). The summed E-state index contributed by atoms with van der Waals surface area (Å²) in [7, 11) is -4.04. The van der Waals surface area contributed by atoms with E-state index in [1.54, 1.807) is 32.9 Å². The van der Waals surface area contributed by atoms with Gasteiger partial charge in [-0.3, -0.25) is 9.59 Å². The van der Waals surface area contributed by atoms with Gasteiger partial charge in [-0.15, -0.1) is 0 Å². The van der Waals surface area contributed by atoms with Gasteiger partial charge in [-0.2, -0.15) is 4.31 Å². The van der Waals surface area contributed by atoms with Crippen molar-refractivity contribution in [2.24, 2.45) is 11.3 Å². The Labute approximate surface area is 293 Å². The first-order chi connectivity index (χ1) is 23.5. The number of carbonyl (C=O) groups is 2. The normalized spacial score (nSPS) is 14.9. The van der Waals surface area contributed by atoms with Crippen LogP contribution in [-0.4, -0.2) is 74.1 Å². The third kappa shape index (κ3) is 10.5. The van der Waals surface area contributed by atoms with Gasteiger partial charge < -0.3 is 25.8 Å². The number of hydrogen-bond acceptors (Lipinski definition) is 7. The summed E-state index contributed by atoms with van der Waals surface area (Å²) in [5.41, 5.74) is 0.885. The van der Waals surface area contributed by atoms with Crippen LogP contribution in [0.2, 0.25) is 0 Å². The van der Waals surface area contributed by atoms with Crippen molar-refractivity contribution in [1.82, 2.24) is 20.3 Å². The lowest BCUT2D eigenvalue weighted by Crippen LogP contribution is -2.59. The van der Waals surface area contributed by atoms with E-state index in [4.69, 9.17) is 4.74 Å². The van der Waals surface area contributed by atoms with Crippen LogP contribution in [-0.2, 0) is 39.0 Å². The lowest BCUT2D eigenvalue weighted by molar-refractivity contribution is -0.132. The van der Waals surface area contributed by atoms with Crippen molar-refractivity contribution in [3.8, 4) is 5.75 Å². The van der Waals surface area contributed by atoms with Crippen molar-refractivity contribution in [1.29, 1.82) is 0 Å². The predicted octanol–water partition coefficient (Wildman–Crippen LogP) is 3.96. The zero-order valence-corrected chi connectivity index (χ0v) is 30.0. The van der Waals surface area contributed by atoms with Gasteiger partial charge in [-0.1, -0.05) is 65.0 Å². The molecule has 0 aromatic heterocycles. The Morgan fingerprint density at radius 2 is 1.70 bits per heavy atom. The number of hydrogen-bond donors (Lipinski definition) is 4. The quantitative estimate of drug-likeness (QED) is 0.177. The van der Waals surface area contributed by atoms with E-state index in [0.717, 1.165) is 29.3 Å². The van der Waals surface area contributed by atoms with Crippen molar-refractivity contribution < 1.29 is 36.6 Å². The fraction of sp³-hybridized carbons (Fsp3) is 0.459. The topological polar surface area (TPSA) is 137 Å². The molecule has 3 unspecified atom stereocenters. The van der Waals surface area contributed by atoms with Crippen LogP contribution < -0.4 is 20.7 Å². The van der Waals surface area contributed by atoms with Gasteiger partial charge in [-0.05, 0) is 65.3 Å². The summed E-state index contributed by atoms with van der Waals surface area (Å²) in [5.74, 6) is -1.75. The van der Waals surface area contributed by atoms with Gasteiger partial charge in [0, 0.05) is 31.6 Å². The molecule has 4 N–H and O–H groups in total. The van der Waals surface area contributed by atoms with Crippen LogP contribution in [0.5, 0.6) is 5.75 Å². The van der Waals surface area contributed by atoms with Crippen molar-refractivity contribution in [2.75, 3.05) is 26.2 Å². The molecule has 13 heteroatoms. The van der Waals surface area contributed by atoms with Gasteiger partial charge in [0.05, 0.1) is 30.2 Å². The first-order valence-electron chi connectivity index (χ1n) is 16.8. The lowest BCUT2D eigenvalue weighted by Gasteiger charge is -2.34. The molecule has 3 aromatic rings. The minimum Gasteiger partial charge on any atom is -0.493 e. The first kappa shape index (κ1) is 38.9.